The standard InChI is InChI=1S/C29H58O2/c1-4-6-8-10-12-14-15-16-17-19-21-23-25-27-29(30)31-28(3)26-24-22-20-18-13-11-9-7-5-2/h28H,4-27H2,1-3H3. The van der Waals surface area contributed by atoms with Gasteiger partial charge in [0.1, 0.15) is 0 Å². The number of carbonyl (C=O) groups is 1. The van der Waals surface area contributed by atoms with Crippen molar-refractivity contribution in [3.8, 4) is 0 Å². The summed E-state index contributed by atoms with van der Waals surface area (Å²) >= 11 is 0. The van der Waals surface area contributed by atoms with Crippen LogP contribution in [0.3, 0.4) is 0 Å². The molecule has 2 nitrogen and oxygen atoms in total. The fourth-order valence-electron chi connectivity index (χ4n) is 4.37. The highest BCUT2D eigenvalue weighted by molar-refractivity contribution is 5.69. The first kappa shape index (κ1) is 30.5. The summed E-state index contributed by atoms with van der Waals surface area (Å²) in [6, 6.07) is 0. The minimum Gasteiger partial charge on any atom is -0.463 e. The van der Waals surface area contributed by atoms with E-state index in [0.717, 1.165) is 12.8 Å². The van der Waals surface area contributed by atoms with Crippen molar-refractivity contribution in [1.82, 2.24) is 0 Å². The van der Waals surface area contributed by atoms with Gasteiger partial charge in [0.05, 0.1) is 6.10 Å². The molecular weight excluding hydrogens is 380 g/mol. The maximum absolute atomic E-state index is 12.0. The molecule has 0 heterocycles. The number of esters is 1. The van der Waals surface area contributed by atoms with Crippen molar-refractivity contribution in [2.24, 2.45) is 0 Å². The molecule has 0 saturated heterocycles. The molecule has 2 heteroatoms. The Kier molecular flexibility index (Phi) is 25.3. The maximum atomic E-state index is 12.0. The molecule has 1 unspecified atom stereocenters. The van der Waals surface area contributed by atoms with Crippen LogP contribution in [-0.2, 0) is 9.53 Å². The van der Waals surface area contributed by atoms with E-state index in [1.807, 2.05) is 0 Å². The highest BCUT2D eigenvalue weighted by atomic mass is 16.5. The molecule has 0 aromatic carbocycles. The average molecular weight is 439 g/mol. The third kappa shape index (κ3) is 25.6. The Labute approximate surface area is 196 Å². The molecule has 0 aromatic rings. The molecule has 1 atom stereocenters. The Balaban J connectivity index is 3.29. The Bertz CT molecular complexity index is 353. The van der Waals surface area contributed by atoms with Gasteiger partial charge < -0.3 is 4.74 Å². The van der Waals surface area contributed by atoms with Gasteiger partial charge in [-0.25, -0.2) is 0 Å². The molecule has 0 aliphatic heterocycles. The molecule has 0 bridgehead atoms. The van der Waals surface area contributed by atoms with Crippen LogP contribution in [0.1, 0.15) is 175 Å². The van der Waals surface area contributed by atoms with Crippen LogP contribution in [0.15, 0.2) is 0 Å². The molecule has 0 radical (unpaired) electrons. The van der Waals surface area contributed by atoms with Gasteiger partial charge in [-0.2, -0.15) is 0 Å². The van der Waals surface area contributed by atoms with E-state index in [9.17, 15) is 4.79 Å². The van der Waals surface area contributed by atoms with Gasteiger partial charge in [-0.05, 0) is 26.2 Å². The van der Waals surface area contributed by atoms with Crippen LogP contribution in [0.25, 0.3) is 0 Å². The molecule has 0 aliphatic carbocycles. The second-order valence-electron chi connectivity index (χ2n) is 9.91. The fourth-order valence-corrected chi connectivity index (χ4v) is 4.37. The van der Waals surface area contributed by atoms with Crippen molar-refractivity contribution in [3.05, 3.63) is 0 Å². The first-order valence-electron chi connectivity index (χ1n) is 14.4. The van der Waals surface area contributed by atoms with Crippen LogP contribution in [0.5, 0.6) is 0 Å². The first-order valence-corrected chi connectivity index (χ1v) is 14.4. The summed E-state index contributed by atoms with van der Waals surface area (Å²) in [7, 11) is 0. The van der Waals surface area contributed by atoms with Crippen LogP contribution in [-0.4, -0.2) is 12.1 Å². The predicted molar refractivity (Wildman–Crippen MR) is 138 cm³/mol. The molecule has 0 N–H and O–H groups in total. The summed E-state index contributed by atoms with van der Waals surface area (Å²) in [4.78, 5) is 12.0. The molecule has 0 fully saturated rings. The summed E-state index contributed by atoms with van der Waals surface area (Å²) in [6.45, 7) is 6.61. The second kappa shape index (κ2) is 25.7. The number of unbranched alkanes of at least 4 members (excludes halogenated alkanes) is 20. The molecule has 0 aromatic heterocycles. The van der Waals surface area contributed by atoms with E-state index in [1.54, 1.807) is 0 Å². The fraction of sp³-hybridized carbons (Fsp3) is 0.966. The molecule has 0 spiro atoms. The first-order chi connectivity index (χ1) is 15.2. The van der Waals surface area contributed by atoms with Crippen LogP contribution >= 0.6 is 0 Å². The summed E-state index contributed by atoms with van der Waals surface area (Å²) in [5.41, 5.74) is 0. The second-order valence-corrected chi connectivity index (χ2v) is 9.91. The van der Waals surface area contributed by atoms with Gasteiger partial charge >= 0.3 is 5.97 Å². The number of carbonyl (C=O) groups excluding carboxylic acids is 1. The van der Waals surface area contributed by atoms with Crippen LogP contribution in [0.2, 0.25) is 0 Å². The zero-order valence-electron chi connectivity index (χ0n) is 21.9. The zero-order valence-corrected chi connectivity index (χ0v) is 21.9. The van der Waals surface area contributed by atoms with Crippen molar-refractivity contribution in [2.75, 3.05) is 0 Å². The van der Waals surface area contributed by atoms with Crippen molar-refractivity contribution >= 4 is 5.97 Å². The lowest BCUT2D eigenvalue weighted by atomic mass is 10.0. The number of hydrogen-bond acceptors (Lipinski definition) is 2. The molecular formula is C29H58O2. The Hall–Kier alpha value is -0.530. The normalized spacial score (nSPS) is 12.2. The minimum absolute atomic E-state index is 0.0199. The molecule has 0 amide bonds. The summed E-state index contributed by atoms with van der Waals surface area (Å²) in [5, 5.41) is 0. The largest absolute Gasteiger partial charge is 0.463 e. The van der Waals surface area contributed by atoms with E-state index >= 15 is 0 Å². The lowest BCUT2D eigenvalue weighted by Crippen LogP contribution is -2.14. The Morgan fingerprint density at radius 1 is 0.516 bits per heavy atom. The predicted octanol–water partition coefficient (Wildman–Crippen LogP) is 10.3. The van der Waals surface area contributed by atoms with Gasteiger partial charge in [-0.3, -0.25) is 4.79 Å². The number of rotatable bonds is 25. The summed E-state index contributed by atoms with van der Waals surface area (Å²) in [5.74, 6) is 0.0199. The molecule has 0 aliphatic rings. The van der Waals surface area contributed by atoms with Gasteiger partial charge in [0.2, 0.25) is 0 Å². The SMILES string of the molecule is CCCCCCCCCCCCCCCC(=O)OC(C)CCCCCCCCCCC. The van der Waals surface area contributed by atoms with E-state index in [-0.39, 0.29) is 12.1 Å². The average Bonchev–Trinajstić information content (AvgIpc) is 2.75. The van der Waals surface area contributed by atoms with Crippen LogP contribution < -0.4 is 0 Å². The number of hydrogen-bond donors (Lipinski definition) is 0. The lowest BCUT2D eigenvalue weighted by molar-refractivity contribution is -0.148. The Morgan fingerprint density at radius 2 is 0.839 bits per heavy atom. The Morgan fingerprint density at radius 3 is 1.23 bits per heavy atom. The van der Waals surface area contributed by atoms with Crippen molar-refractivity contribution < 1.29 is 9.53 Å². The van der Waals surface area contributed by atoms with E-state index in [2.05, 4.69) is 20.8 Å². The van der Waals surface area contributed by atoms with Gasteiger partial charge in [0.15, 0.2) is 0 Å². The molecule has 31 heavy (non-hydrogen) atoms. The van der Waals surface area contributed by atoms with Gasteiger partial charge in [-0.15, -0.1) is 0 Å². The number of ether oxygens (including phenoxy) is 1. The molecule has 0 saturated carbocycles. The zero-order chi connectivity index (χ0) is 22.8. The van der Waals surface area contributed by atoms with Gasteiger partial charge in [0, 0.05) is 6.42 Å². The van der Waals surface area contributed by atoms with E-state index in [1.165, 1.54) is 135 Å². The van der Waals surface area contributed by atoms with Gasteiger partial charge in [0.25, 0.3) is 0 Å². The third-order valence-corrected chi connectivity index (χ3v) is 6.53. The topological polar surface area (TPSA) is 26.3 Å². The van der Waals surface area contributed by atoms with Crippen molar-refractivity contribution in [2.45, 2.75) is 181 Å². The third-order valence-electron chi connectivity index (χ3n) is 6.53. The van der Waals surface area contributed by atoms with E-state index in [0.29, 0.717) is 6.42 Å². The smallest absolute Gasteiger partial charge is 0.306 e. The molecule has 0 rings (SSSR count). The quantitative estimate of drug-likeness (QED) is 0.105. The minimum atomic E-state index is 0.0199. The monoisotopic (exact) mass is 438 g/mol. The molecule has 186 valence electrons. The summed E-state index contributed by atoms with van der Waals surface area (Å²) in [6.07, 6.45) is 31.3. The highest BCUT2D eigenvalue weighted by Crippen LogP contribution is 2.15. The van der Waals surface area contributed by atoms with Crippen molar-refractivity contribution in [1.29, 1.82) is 0 Å². The highest BCUT2D eigenvalue weighted by Gasteiger charge is 2.09. The van der Waals surface area contributed by atoms with E-state index < -0.39 is 0 Å². The lowest BCUT2D eigenvalue weighted by Gasteiger charge is -2.13. The van der Waals surface area contributed by atoms with Gasteiger partial charge in [-0.1, -0.05) is 142 Å². The summed E-state index contributed by atoms with van der Waals surface area (Å²) < 4.78 is 5.59. The maximum Gasteiger partial charge on any atom is 0.306 e. The van der Waals surface area contributed by atoms with Crippen LogP contribution in [0, 0.1) is 0 Å². The van der Waals surface area contributed by atoms with Crippen LogP contribution in [0.4, 0.5) is 0 Å². The van der Waals surface area contributed by atoms with E-state index in [4.69, 9.17) is 4.74 Å². The van der Waals surface area contributed by atoms with Crippen molar-refractivity contribution in [3.63, 3.8) is 0 Å².